The normalized spacial score (nSPS) is 6.50. The predicted molar refractivity (Wildman–Crippen MR) is 72.0 cm³/mol. The summed E-state index contributed by atoms with van der Waals surface area (Å²) in [6.45, 7) is 6.20. The Bertz CT molecular complexity index is 153. The topological polar surface area (TPSA) is 0 Å². The van der Waals surface area contributed by atoms with Gasteiger partial charge in [-0.15, -0.1) is 0 Å². The Kier molecular flexibility index (Phi) is 30.0. The fourth-order valence-corrected chi connectivity index (χ4v) is 0.933. The molecule has 0 aliphatic rings. The summed E-state index contributed by atoms with van der Waals surface area (Å²) in [6.07, 6.45) is 2.45. The number of benzene rings is 1. The largest absolute Gasteiger partial charge is 0.0776 e. The van der Waals surface area contributed by atoms with E-state index >= 15 is 0 Å². The molecule has 0 fully saturated rings. The zero-order chi connectivity index (χ0) is 8.53. The minimum absolute atomic E-state index is 0. The van der Waals surface area contributed by atoms with E-state index in [1.54, 1.807) is 0 Å². The van der Waals surface area contributed by atoms with Gasteiger partial charge in [0.1, 0.15) is 0 Å². The number of hydrogen-bond acceptors (Lipinski definition) is 0. The van der Waals surface area contributed by atoms with Gasteiger partial charge in [0.2, 0.25) is 0 Å². The molecular formula is C14H30. The molecule has 0 atom stereocenters. The van der Waals surface area contributed by atoms with Crippen LogP contribution in [0, 0.1) is 0 Å². The van der Waals surface area contributed by atoms with Crippen molar-refractivity contribution in [3.8, 4) is 0 Å². The lowest BCUT2D eigenvalue weighted by Gasteiger charge is -1.93. The molecule has 0 aliphatic carbocycles. The SMILES string of the molecule is C.C.C.CC.CCCc1ccccc1. The molecule has 1 aromatic rings. The monoisotopic (exact) mass is 198 g/mol. The summed E-state index contributed by atoms with van der Waals surface area (Å²) >= 11 is 0. The molecule has 0 saturated carbocycles. The van der Waals surface area contributed by atoms with E-state index in [0.29, 0.717) is 0 Å². The van der Waals surface area contributed by atoms with Gasteiger partial charge in [-0.3, -0.25) is 0 Å². The highest BCUT2D eigenvalue weighted by atomic mass is 13.9. The van der Waals surface area contributed by atoms with Gasteiger partial charge in [0, 0.05) is 0 Å². The Hall–Kier alpha value is -0.780. The van der Waals surface area contributed by atoms with Crippen molar-refractivity contribution in [2.45, 2.75) is 55.9 Å². The minimum atomic E-state index is 0. The van der Waals surface area contributed by atoms with Crippen LogP contribution < -0.4 is 0 Å². The van der Waals surface area contributed by atoms with E-state index in [1.165, 1.54) is 18.4 Å². The maximum Gasteiger partial charge on any atom is -0.0281 e. The van der Waals surface area contributed by atoms with Crippen LogP contribution in [0.2, 0.25) is 0 Å². The van der Waals surface area contributed by atoms with Gasteiger partial charge >= 0.3 is 0 Å². The molecule has 0 heterocycles. The van der Waals surface area contributed by atoms with Gasteiger partial charge < -0.3 is 0 Å². The second-order valence-corrected chi connectivity index (χ2v) is 2.24. The molecule has 14 heavy (non-hydrogen) atoms. The van der Waals surface area contributed by atoms with E-state index in [4.69, 9.17) is 0 Å². The number of hydrogen-bond donors (Lipinski definition) is 0. The lowest BCUT2D eigenvalue weighted by molar-refractivity contribution is 0.922. The van der Waals surface area contributed by atoms with Crippen LogP contribution in [0.15, 0.2) is 30.3 Å². The molecule has 86 valence electrons. The van der Waals surface area contributed by atoms with Gasteiger partial charge in [-0.1, -0.05) is 79.8 Å². The Morgan fingerprint density at radius 1 is 0.857 bits per heavy atom. The zero-order valence-corrected chi connectivity index (χ0v) is 7.80. The molecule has 0 unspecified atom stereocenters. The van der Waals surface area contributed by atoms with Crippen LogP contribution in [0.4, 0.5) is 0 Å². The summed E-state index contributed by atoms with van der Waals surface area (Å²) in [6, 6.07) is 10.6. The fraction of sp³-hybridized carbons (Fsp3) is 0.571. The van der Waals surface area contributed by atoms with Crippen molar-refractivity contribution in [3.05, 3.63) is 35.9 Å². The highest BCUT2D eigenvalue weighted by Crippen LogP contribution is 2.00. The highest BCUT2D eigenvalue weighted by molar-refractivity contribution is 5.14. The minimum Gasteiger partial charge on any atom is -0.0776 e. The Morgan fingerprint density at radius 2 is 1.29 bits per heavy atom. The maximum absolute atomic E-state index is 2.20. The standard InChI is InChI=1S/C9H12.C2H6.3CH4/c1-2-6-9-7-4-3-5-8-9;1-2;;;/h3-5,7-8H,2,6H2,1H3;1-2H3;3*1H4. The molecule has 0 N–H and O–H groups in total. The second-order valence-electron chi connectivity index (χ2n) is 2.24. The molecule has 0 saturated heterocycles. The van der Waals surface area contributed by atoms with Gasteiger partial charge in [0.15, 0.2) is 0 Å². The summed E-state index contributed by atoms with van der Waals surface area (Å²) in [7, 11) is 0. The highest BCUT2D eigenvalue weighted by Gasteiger charge is 1.84. The molecule has 0 aromatic heterocycles. The molecule has 1 rings (SSSR count). The maximum atomic E-state index is 2.20. The van der Waals surface area contributed by atoms with Crippen molar-refractivity contribution in [2.24, 2.45) is 0 Å². The molecule has 0 aliphatic heterocycles. The first kappa shape index (κ1) is 23.2. The third-order valence-electron chi connectivity index (χ3n) is 1.38. The first-order valence-corrected chi connectivity index (χ1v) is 4.47. The molecule has 1 aromatic carbocycles. The molecule has 0 nitrogen and oxygen atoms in total. The van der Waals surface area contributed by atoms with Crippen molar-refractivity contribution >= 4 is 0 Å². The van der Waals surface area contributed by atoms with E-state index < -0.39 is 0 Å². The number of rotatable bonds is 2. The van der Waals surface area contributed by atoms with Crippen LogP contribution in [0.3, 0.4) is 0 Å². The molecule has 0 bridgehead atoms. The van der Waals surface area contributed by atoms with E-state index in [0.717, 1.165) is 0 Å². The lowest BCUT2D eigenvalue weighted by Crippen LogP contribution is -1.78. The number of aryl methyl sites for hydroxylation is 1. The third kappa shape index (κ3) is 11.2. The molecular weight excluding hydrogens is 168 g/mol. The van der Waals surface area contributed by atoms with E-state index in [1.807, 2.05) is 13.8 Å². The van der Waals surface area contributed by atoms with Gasteiger partial charge in [-0.25, -0.2) is 0 Å². The fourth-order valence-electron chi connectivity index (χ4n) is 0.933. The molecule has 0 radical (unpaired) electrons. The summed E-state index contributed by atoms with van der Waals surface area (Å²) < 4.78 is 0. The second kappa shape index (κ2) is 18.1. The lowest BCUT2D eigenvalue weighted by atomic mass is 10.1. The van der Waals surface area contributed by atoms with Crippen molar-refractivity contribution < 1.29 is 0 Å². The first-order valence-electron chi connectivity index (χ1n) is 4.47. The van der Waals surface area contributed by atoms with Crippen molar-refractivity contribution in [1.82, 2.24) is 0 Å². The van der Waals surface area contributed by atoms with Crippen LogP contribution in [0.5, 0.6) is 0 Å². The van der Waals surface area contributed by atoms with Crippen LogP contribution >= 0.6 is 0 Å². The summed E-state index contributed by atoms with van der Waals surface area (Å²) in [4.78, 5) is 0. The molecule has 0 spiro atoms. The van der Waals surface area contributed by atoms with Crippen LogP contribution in [-0.2, 0) is 6.42 Å². The average molecular weight is 198 g/mol. The van der Waals surface area contributed by atoms with Crippen LogP contribution in [0.1, 0.15) is 55.0 Å². The third-order valence-corrected chi connectivity index (χ3v) is 1.38. The van der Waals surface area contributed by atoms with Crippen molar-refractivity contribution in [2.75, 3.05) is 0 Å². The quantitative estimate of drug-likeness (QED) is 0.582. The smallest absolute Gasteiger partial charge is 0.0281 e. The molecule has 0 heteroatoms. The summed E-state index contributed by atoms with van der Waals surface area (Å²) in [5.74, 6) is 0. The van der Waals surface area contributed by atoms with Crippen LogP contribution in [-0.4, -0.2) is 0 Å². The van der Waals surface area contributed by atoms with E-state index in [9.17, 15) is 0 Å². The predicted octanol–water partition coefficient (Wildman–Crippen LogP) is 5.57. The van der Waals surface area contributed by atoms with Crippen molar-refractivity contribution in [3.63, 3.8) is 0 Å². The Morgan fingerprint density at radius 3 is 1.64 bits per heavy atom. The van der Waals surface area contributed by atoms with E-state index in [2.05, 4.69) is 37.3 Å². The van der Waals surface area contributed by atoms with Gasteiger partial charge in [-0.05, 0) is 12.0 Å². The van der Waals surface area contributed by atoms with E-state index in [-0.39, 0.29) is 22.3 Å². The van der Waals surface area contributed by atoms with Gasteiger partial charge in [0.05, 0.1) is 0 Å². The average Bonchev–Trinajstić information content (AvgIpc) is 2.11. The van der Waals surface area contributed by atoms with Crippen LogP contribution in [0.25, 0.3) is 0 Å². The summed E-state index contributed by atoms with van der Waals surface area (Å²) in [5.41, 5.74) is 1.44. The van der Waals surface area contributed by atoms with Gasteiger partial charge in [-0.2, -0.15) is 0 Å². The van der Waals surface area contributed by atoms with Gasteiger partial charge in [0.25, 0.3) is 0 Å². The summed E-state index contributed by atoms with van der Waals surface area (Å²) in [5, 5.41) is 0. The Balaban J connectivity index is -0.0000000942. The van der Waals surface area contributed by atoms with Crippen molar-refractivity contribution in [1.29, 1.82) is 0 Å². The molecule has 0 amide bonds. The Labute approximate surface area is 92.4 Å². The zero-order valence-electron chi connectivity index (χ0n) is 7.80. The first-order chi connectivity index (χ1) is 5.43.